The minimum atomic E-state index is -3.72. The largest absolute Gasteiger partial charge is 0.322 e. The number of carbonyl (C=O) groups excluding carboxylic acids is 2. The van der Waals surface area contributed by atoms with Crippen molar-refractivity contribution in [2.45, 2.75) is 20.8 Å². The molecule has 27 heavy (non-hydrogen) atoms. The molecular weight excluding hydrogens is 388 g/mol. The van der Waals surface area contributed by atoms with Gasteiger partial charge < -0.3 is 5.32 Å². The quantitative estimate of drug-likeness (QED) is 0.845. The second-order valence-electron chi connectivity index (χ2n) is 6.78. The van der Waals surface area contributed by atoms with Crippen LogP contribution in [0.15, 0.2) is 36.4 Å². The average Bonchev–Trinajstić information content (AvgIpc) is 2.73. The summed E-state index contributed by atoms with van der Waals surface area (Å²) < 4.78 is 25.2. The van der Waals surface area contributed by atoms with Gasteiger partial charge in [0.15, 0.2) is 0 Å². The predicted octanol–water partition coefficient (Wildman–Crippen LogP) is 3.52. The van der Waals surface area contributed by atoms with E-state index < -0.39 is 27.8 Å². The van der Waals surface area contributed by atoms with Gasteiger partial charge >= 0.3 is 0 Å². The van der Waals surface area contributed by atoms with Crippen LogP contribution in [0, 0.1) is 19.8 Å². The maximum atomic E-state index is 12.5. The van der Waals surface area contributed by atoms with Crippen molar-refractivity contribution < 1.29 is 18.0 Å². The van der Waals surface area contributed by atoms with Gasteiger partial charge in [0.05, 0.1) is 27.9 Å². The number of amides is 2. The fourth-order valence-electron chi connectivity index (χ4n) is 3.15. The third-order valence-corrected chi connectivity index (χ3v) is 6.45. The van der Waals surface area contributed by atoms with Crippen molar-refractivity contribution >= 4 is 44.8 Å². The fraction of sp³-hybridized carbons (Fsp3) is 0.263. The van der Waals surface area contributed by atoms with E-state index in [4.69, 9.17) is 11.6 Å². The van der Waals surface area contributed by atoms with Gasteiger partial charge in [0, 0.05) is 5.69 Å². The van der Waals surface area contributed by atoms with Crippen LogP contribution >= 0.6 is 11.6 Å². The first-order valence-corrected chi connectivity index (χ1v) is 10.3. The van der Waals surface area contributed by atoms with Crippen molar-refractivity contribution in [3.05, 3.63) is 58.1 Å². The van der Waals surface area contributed by atoms with Gasteiger partial charge in [-0.25, -0.2) is 12.7 Å². The van der Waals surface area contributed by atoms with Crippen LogP contribution in [0.25, 0.3) is 0 Å². The van der Waals surface area contributed by atoms with Crippen molar-refractivity contribution in [2.24, 2.45) is 5.92 Å². The lowest BCUT2D eigenvalue weighted by atomic mass is 10.1. The summed E-state index contributed by atoms with van der Waals surface area (Å²) >= 11 is 6.22. The van der Waals surface area contributed by atoms with Crippen LogP contribution in [0.2, 0.25) is 5.02 Å². The van der Waals surface area contributed by atoms with E-state index >= 15 is 0 Å². The maximum absolute atomic E-state index is 12.5. The number of nitrogens with zero attached hydrogens (tertiary/aromatic N) is 1. The molecule has 1 heterocycles. The summed E-state index contributed by atoms with van der Waals surface area (Å²) in [6.07, 6.45) is 0. The molecule has 0 aliphatic carbocycles. The molecule has 1 saturated heterocycles. The molecular formula is C19H19ClN2O4S. The van der Waals surface area contributed by atoms with Crippen molar-refractivity contribution in [2.75, 3.05) is 15.4 Å². The second-order valence-corrected chi connectivity index (χ2v) is 9.05. The summed E-state index contributed by atoms with van der Waals surface area (Å²) in [5, 5.41) is 2.85. The van der Waals surface area contributed by atoms with Gasteiger partial charge in [-0.1, -0.05) is 24.6 Å². The third-order valence-electron chi connectivity index (χ3n) is 4.27. The summed E-state index contributed by atoms with van der Waals surface area (Å²) in [5.74, 6) is -1.77. The molecule has 1 fully saturated rings. The highest BCUT2D eigenvalue weighted by atomic mass is 35.5. The Balaban J connectivity index is 1.89. The van der Waals surface area contributed by atoms with Gasteiger partial charge in [-0.05, 0) is 55.3 Å². The molecule has 0 unspecified atom stereocenters. The monoisotopic (exact) mass is 406 g/mol. The second kappa shape index (κ2) is 6.98. The molecule has 0 spiro atoms. The molecule has 2 amide bonds. The van der Waals surface area contributed by atoms with Crippen LogP contribution in [0.1, 0.15) is 28.4 Å². The van der Waals surface area contributed by atoms with E-state index in [1.165, 1.54) is 18.2 Å². The summed E-state index contributed by atoms with van der Waals surface area (Å²) in [6, 6.07) is 9.82. The van der Waals surface area contributed by atoms with Gasteiger partial charge in [0.25, 0.3) is 5.91 Å². The van der Waals surface area contributed by atoms with Gasteiger partial charge in [0.1, 0.15) is 0 Å². The van der Waals surface area contributed by atoms with Crippen LogP contribution in [-0.2, 0) is 14.8 Å². The van der Waals surface area contributed by atoms with Gasteiger partial charge in [-0.3, -0.25) is 9.59 Å². The van der Waals surface area contributed by atoms with Crippen LogP contribution in [-0.4, -0.2) is 26.0 Å². The average molecular weight is 407 g/mol. The van der Waals surface area contributed by atoms with E-state index in [-0.39, 0.29) is 22.0 Å². The predicted molar refractivity (Wildman–Crippen MR) is 106 cm³/mol. The molecule has 142 valence electrons. The smallest absolute Gasteiger partial charge is 0.257 e. The Morgan fingerprint density at radius 3 is 2.30 bits per heavy atom. The Kier molecular flexibility index (Phi) is 5.01. The van der Waals surface area contributed by atoms with Crippen LogP contribution < -0.4 is 9.62 Å². The zero-order chi connectivity index (χ0) is 19.9. The fourth-order valence-corrected chi connectivity index (χ4v) is 5.22. The van der Waals surface area contributed by atoms with Crippen LogP contribution in [0.5, 0.6) is 0 Å². The zero-order valence-electron chi connectivity index (χ0n) is 15.1. The number of nitrogens with one attached hydrogen (secondary N) is 1. The SMILES string of the molecule is Cc1cc(C)cc(NC(=O)c2ccc(N3C(=O)[C@H](C)CS3(=O)=O)cc2Cl)c1. The number of benzene rings is 2. The Morgan fingerprint density at radius 1 is 1.15 bits per heavy atom. The molecule has 1 aliphatic rings. The van der Waals surface area contributed by atoms with Crippen molar-refractivity contribution in [1.29, 1.82) is 0 Å². The Labute approximate surface area is 163 Å². The van der Waals surface area contributed by atoms with E-state index in [9.17, 15) is 18.0 Å². The maximum Gasteiger partial charge on any atom is 0.257 e. The first-order valence-electron chi connectivity index (χ1n) is 8.34. The van der Waals surface area contributed by atoms with Gasteiger partial charge in [-0.15, -0.1) is 0 Å². The highest BCUT2D eigenvalue weighted by molar-refractivity contribution is 7.94. The molecule has 1 N–H and O–H groups in total. The van der Waals surface area contributed by atoms with Crippen molar-refractivity contribution in [1.82, 2.24) is 0 Å². The first kappa shape index (κ1) is 19.4. The highest BCUT2D eigenvalue weighted by Crippen LogP contribution is 2.31. The van der Waals surface area contributed by atoms with E-state index in [2.05, 4.69) is 5.32 Å². The first-order chi connectivity index (χ1) is 12.6. The molecule has 6 nitrogen and oxygen atoms in total. The Morgan fingerprint density at radius 2 is 1.78 bits per heavy atom. The normalized spacial score (nSPS) is 18.6. The number of hydrogen-bond acceptors (Lipinski definition) is 4. The van der Waals surface area contributed by atoms with E-state index in [0.717, 1.165) is 15.4 Å². The van der Waals surface area contributed by atoms with Gasteiger partial charge in [-0.2, -0.15) is 0 Å². The minimum absolute atomic E-state index is 0.0666. The number of anilines is 2. The number of aryl methyl sites for hydroxylation is 2. The number of sulfonamides is 1. The van der Waals surface area contributed by atoms with E-state index in [0.29, 0.717) is 5.69 Å². The lowest BCUT2D eigenvalue weighted by molar-refractivity contribution is -0.119. The van der Waals surface area contributed by atoms with Crippen LogP contribution in [0.3, 0.4) is 0 Å². The molecule has 0 aromatic heterocycles. The third kappa shape index (κ3) is 3.84. The number of halogens is 1. The highest BCUT2D eigenvalue weighted by Gasteiger charge is 2.42. The molecule has 2 aromatic rings. The summed E-state index contributed by atoms with van der Waals surface area (Å²) in [4.78, 5) is 24.7. The number of hydrogen-bond donors (Lipinski definition) is 1. The molecule has 0 bridgehead atoms. The van der Waals surface area contributed by atoms with E-state index in [1.54, 1.807) is 6.92 Å². The number of carbonyl (C=O) groups is 2. The molecule has 0 saturated carbocycles. The standard InChI is InChI=1S/C19H19ClN2O4S/c1-11-6-12(2)8-14(7-11)21-18(23)16-5-4-15(9-17(16)20)22-19(24)13(3)10-27(22,25)26/h4-9,13H,10H2,1-3H3,(H,21,23)/t13-/m1/s1. The Bertz CT molecular complexity index is 1030. The van der Waals surface area contributed by atoms with Crippen molar-refractivity contribution in [3.63, 3.8) is 0 Å². The molecule has 1 aliphatic heterocycles. The topological polar surface area (TPSA) is 83.6 Å². The summed E-state index contributed by atoms with van der Waals surface area (Å²) in [5.41, 5.74) is 3.00. The molecule has 1 atom stereocenters. The summed E-state index contributed by atoms with van der Waals surface area (Å²) in [7, 11) is -3.72. The molecule has 0 radical (unpaired) electrons. The molecule has 2 aromatic carbocycles. The summed E-state index contributed by atoms with van der Waals surface area (Å²) in [6.45, 7) is 5.42. The lowest BCUT2D eigenvalue weighted by Crippen LogP contribution is -2.30. The zero-order valence-corrected chi connectivity index (χ0v) is 16.7. The lowest BCUT2D eigenvalue weighted by Gasteiger charge is -2.16. The molecule has 3 rings (SSSR count). The number of rotatable bonds is 3. The van der Waals surface area contributed by atoms with Crippen LogP contribution in [0.4, 0.5) is 11.4 Å². The van der Waals surface area contributed by atoms with Crippen molar-refractivity contribution in [3.8, 4) is 0 Å². The van der Waals surface area contributed by atoms with E-state index in [1.807, 2.05) is 32.0 Å². The Hall–Kier alpha value is -2.38. The van der Waals surface area contributed by atoms with Gasteiger partial charge in [0.2, 0.25) is 15.9 Å². The molecule has 8 heteroatoms. The minimum Gasteiger partial charge on any atom is -0.322 e.